The van der Waals surface area contributed by atoms with Crippen molar-refractivity contribution in [2.45, 2.75) is 101 Å². The Hall–Kier alpha value is -1.56. The zero-order valence-corrected chi connectivity index (χ0v) is 19.8. The summed E-state index contributed by atoms with van der Waals surface area (Å²) in [6, 6.07) is 8.96. The van der Waals surface area contributed by atoms with Crippen LogP contribution in [-0.2, 0) is 25.7 Å². The molecule has 2 aromatic rings. The standard InChI is InChI=1S/C11H14.C10H12.3C2H6/c1-8-6-7-9(2)11-5-3-4-10(8)11;1-7-3-4-8(2)10-6-5-9(7)10;3*1-2/h6-7H,3-5H2,1-2H3;3-4H,5-6H2,1-2H3;3*1-2H3. The van der Waals surface area contributed by atoms with E-state index < -0.39 is 0 Å². The number of rotatable bonds is 0. The van der Waals surface area contributed by atoms with E-state index in [1.165, 1.54) is 54.4 Å². The van der Waals surface area contributed by atoms with Gasteiger partial charge in [0.1, 0.15) is 0 Å². The Balaban J connectivity index is 0.000000394. The van der Waals surface area contributed by atoms with Gasteiger partial charge in [-0.15, -0.1) is 0 Å². The Kier molecular flexibility index (Phi) is 12.8. The van der Waals surface area contributed by atoms with E-state index in [2.05, 4.69) is 52.0 Å². The highest BCUT2D eigenvalue weighted by Gasteiger charge is 2.16. The first-order valence-corrected chi connectivity index (χ1v) is 11.2. The normalized spacial score (nSPS) is 12.1. The minimum atomic E-state index is 1.31. The van der Waals surface area contributed by atoms with E-state index in [0.717, 1.165) is 0 Å². The molecule has 0 aromatic heterocycles. The molecule has 0 atom stereocenters. The fourth-order valence-electron chi connectivity index (χ4n) is 3.76. The minimum absolute atomic E-state index is 1.31. The summed E-state index contributed by atoms with van der Waals surface area (Å²) in [6.07, 6.45) is 6.60. The first-order valence-electron chi connectivity index (χ1n) is 11.2. The minimum Gasteiger partial charge on any atom is -0.0683 e. The molecular formula is C27H44. The maximum atomic E-state index is 2.25. The van der Waals surface area contributed by atoms with Crippen molar-refractivity contribution in [2.24, 2.45) is 0 Å². The van der Waals surface area contributed by atoms with Gasteiger partial charge in [-0.05, 0) is 104 Å². The molecule has 0 unspecified atom stereocenters. The SMILES string of the molecule is CC.CC.CC.Cc1ccc(C)c2c1CC2.Cc1ccc(C)c2c1CCC2. The van der Waals surface area contributed by atoms with E-state index in [1.54, 1.807) is 22.3 Å². The second-order valence-electron chi connectivity index (χ2n) is 6.67. The second kappa shape index (κ2) is 13.6. The van der Waals surface area contributed by atoms with Gasteiger partial charge in [-0.2, -0.15) is 0 Å². The molecule has 0 heteroatoms. The van der Waals surface area contributed by atoms with Crippen LogP contribution in [-0.4, -0.2) is 0 Å². The predicted octanol–water partition coefficient (Wildman–Crippen LogP) is 8.27. The van der Waals surface area contributed by atoms with E-state index in [4.69, 9.17) is 0 Å². The van der Waals surface area contributed by atoms with Crippen LogP contribution in [0.5, 0.6) is 0 Å². The lowest BCUT2D eigenvalue weighted by molar-refractivity contribution is 0.816. The Morgan fingerprint density at radius 3 is 0.852 bits per heavy atom. The summed E-state index contributed by atoms with van der Waals surface area (Å²) in [4.78, 5) is 0. The van der Waals surface area contributed by atoms with Gasteiger partial charge < -0.3 is 0 Å². The smallest absolute Gasteiger partial charge is 0.0233 e. The van der Waals surface area contributed by atoms with Gasteiger partial charge in [0.25, 0.3) is 0 Å². The lowest BCUT2D eigenvalue weighted by Gasteiger charge is -2.23. The molecule has 0 aliphatic heterocycles. The van der Waals surface area contributed by atoms with Crippen molar-refractivity contribution in [1.82, 2.24) is 0 Å². The summed E-state index contributed by atoms with van der Waals surface area (Å²) >= 11 is 0. The molecule has 4 rings (SSSR count). The van der Waals surface area contributed by atoms with E-state index in [1.807, 2.05) is 41.5 Å². The van der Waals surface area contributed by atoms with E-state index in [0.29, 0.717) is 0 Å². The number of benzene rings is 2. The van der Waals surface area contributed by atoms with Gasteiger partial charge in [0.2, 0.25) is 0 Å². The van der Waals surface area contributed by atoms with Crippen LogP contribution in [0.25, 0.3) is 0 Å². The maximum absolute atomic E-state index is 2.25. The fourth-order valence-corrected chi connectivity index (χ4v) is 3.76. The number of fused-ring (bicyclic) bond motifs is 2. The van der Waals surface area contributed by atoms with Gasteiger partial charge in [0.05, 0.1) is 0 Å². The van der Waals surface area contributed by atoms with Crippen molar-refractivity contribution in [3.63, 3.8) is 0 Å². The molecule has 0 saturated carbocycles. The molecule has 0 spiro atoms. The molecule has 2 aromatic carbocycles. The molecule has 0 amide bonds. The number of hydrogen-bond acceptors (Lipinski definition) is 0. The van der Waals surface area contributed by atoms with Gasteiger partial charge in [-0.25, -0.2) is 0 Å². The van der Waals surface area contributed by atoms with Crippen molar-refractivity contribution >= 4 is 0 Å². The van der Waals surface area contributed by atoms with E-state index >= 15 is 0 Å². The highest BCUT2D eigenvalue weighted by molar-refractivity contribution is 5.46. The number of hydrogen-bond donors (Lipinski definition) is 0. The van der Waals surface area contributed by atoms with Crippen molar-refractivity contribution in [2.75, 3.05) is 0 Å². The molecular weight excluding hydrogens is 324 g/mol. The third-order valence-corrected chi connectivity index (χ3v) is 5.28. The molecule has 0 bridgehead atoms. The molecule has 0 radical (unpaired) electrons. The van der Waals surface area contributed by atoms with Crippen molar-refractivity contribution in [3.8, 4) is 0 Å². The number of aryl methyl sites for hydroxylation is 4. The quantitative estimate of drug-likeness (QED) is 0.439. The van der Waals surface area contributed by atoms with E-state index in [-0.39, 0.29) is 0 Å². The fraction of sp³-hybridized carbons (Fsp3) is 0.556. The van der Waals surface area contributed by atoms with Crippen LogP contribution < -0.4 is 0 Å². The van der Waals surface area contributed by atoms with Crippen LogP contribution >= 0.6 is 0 Å². The molecule has 2 aliphatic rings. The van der Waals surface area contributed by atoms with Crippen LogP contribution in [0.4, 0.5) is 0 Å². The lowest BCUT2D eigenvalue weighted by Crippen LogP contribution is -2.12. The maximum Gasteiger partial charge on any atom is -0.0233 e. The van der Waals surface area contributed by atoms with Crippen molar-refractivity contribution in [1.29, 1.82) is 0 Å². The van der Waals surface area contributed by atoms with Gasteiger partial charge in [-0.3, -0.25) is 0 Å². The molecule has 0 N–H and O–H groups in total. The van der Waals surface area contributed by atoms with E-state index in [9.17, 15) is 0 Å². The van der Waals surface area contributed by atoms with Gasteiger partial charge in [0, 0.05) is 0 Å². The van der Waals surface area contributed by atoms with Crippen molar-refractivity contribution < 1.29 is 0 Å². The van der Waals surface area contributed by atoms with Gasteiger partial charge in [0.15, 0.2) is 0 Å². The summed E-state index contributed by atoms with van der Waals surface area (Å²) in [5, 5.41) is 0. The molecule has 0 fully saturated rings. The molecule has 0 saturated heterocycles. The molecule has 2 aliphatic carbocycles. The summed E-state index contributed by atoms with van der Waals surface area (Å²) in [6.45, 7) is 20.9. The molecule has 0 heterocycles. The second-order valence-corrected chi connectivity index (χ2v) is 6.67. The predicted molar refractivity (Wildman–Crippen MR) is 125 cm³/mol. The van der Waals surface area contributed by atoms with Gasteiger partial charge >= 0.3 is 0 Å². The lowest BCUT2D eigenvalue weighted by atomic mass is 9.82. The summed E-state index contributed by atoms with van der Waals surface area (Å²) in [5.41, 5.74) is 12.4. The van der Waals surface area contributed by atoms with Crippen LogP contribution in [0, 0.1) is 27.7 Å². The third-order valence-electron chi connectivity index (χ3n) is 5.28. The third kappa shape index (κ3) is 6.52. The zero-order chi connectivity index (χ0) is 21.0. The highest BCUT2D eigenvalue weighted by atomic mass is 14.2. The van der Waals surface area contributed by atoms with Crippen molar-refractivity contribution in [3.05, 3.63) is 68.8 Å². The highest BCUT2D eigenvalue weighted by Crippen LogP contribution is 2.29. The van der Waals surface area contributed by atoms with Gasteiger partial charge in [-0.1, -0.05) is 65.8 Å². The molecule has 0 nitrogen and oxygen atoms in total. The average molecular weight is 369 g/mol. The Labute approximate surface area is 170 Å². The zero-order valence-electron chi connectivity index (χ0n) is 19.8. The molecule has 152 valence electrons. The summed E-state index contributed by atoms with van der Waals surface area (Å²) in [7, 11) is 0. The van der Waals surface area contributed by atoms with Crippen LogP contribution in [0.15, 0.2) is 24.3 Å². The monoisotopic (exact) mass is 368 g/mol. The first-order chi connectivity index (χ1) is 13.1. The van der Waals surface area contributed by atoms with Crippen LogP contribution in [0.1, 0.15) is 92.5 Å². The Bertz CT molecular complexity index is 619. The average Bonchev–Trinajstić information content (AvgIpc) is 3.18. The summed E-state index contributed by atoms with van der Waals surface area (Å²) < 4.78 is 0. The summed E-state index contributed by atoms with van der Waals surface area (Å²) in [5.74, 6) is 0. The molecule has 27 heavy (non-hydrogen) atoms. The Morgan fingerprint density at radius 1 is 0.407 bits per heavy atom. The van der Waals surface area contributed by atoms with Crippen LogP contribution in [0.3, 0.4) is 0 Å². The largest absolute Gasteiger partial charge is 0.0683 e. The first kappa shape index (κ1) is 25.4. The van der Waals surface area contributed by atoms with Crippen LogP contribution in [0.2, 0.25) is 0 Å². The Morgan fingerprint density at radius 2 is 0.630 bits per heavy atom. The topological polar surface area (TPSA) is 0 Å².